The average molecular weight is 476 g/mol. The van der Waals surface area contributed by atoms with Crippen molar-refractivity contribution in [2.75, 3.05) is 12.1 Å². The van der Waals surface area contributed by atoms with Gasteiger partial charge in [0.25, 0.3) is 11.6 Å². The summed E-state index contributed by atoms with van der Waals surface area (Å²) in [7, 11) is 1.57. The number of hydrogen-bond acceptors (Lipinski definition) is 7. The van der Waals surface area contributed by atoms with Crippen LogP contribution < -0.4 is 9.75 Å². The third-order valence-corrected chi connectivity index (χ3v) is 5.68. The Bertz CT molecular complexity index is 1400. The zero-order valence-corrected chi connectivity index (χ0v) is 18.6. The second-order valence-electron chi connectivity index (χ2n) is 6.96. The Hall–Kier alpha value is -4.44. The number of non-ortho nitro benzene ring substituents is 1. The lowest BCUT2D eigenvalue weighted by Crippen LogP contribution is -2.23. The quantitative estimate of drug-likeness (QED) is 0.153. The Morgan fingerprint density at radius 1 is 1.12 bits per heavy atom. The van der Waals surface area contributed by atoms with Gasteiger partial charge in [-0.3, -0.25) is 14.9 Å². The van der Waals surface area contributed by atoms with E-state index in [9.17, 15) is 19.3 Å². The number of aromatic nitrogens is 1. The summed E-state index contributed by atoms with van der Waals surface area (Å²) >= 11 is 1.13. The smallest absolute Gasteiger partial charge is 0.273 e. The third-order valence-electron chi connectivity index (χ3n) is 4.69. The molecule has 0 saturated carbocycles. The fourth-order valence-electron chi connectivity index (χ4n) is 2.94. The van der Waals surface area contributed by atoms with E-state index in [1.165, 1.54) is 60.8 Å². The normalized spacial score (nSPS) is 11.4. The van der Waals surface area contributed by atoms with Crippen LogP contribution in [-0.2, 0) is 4.79 Å². The summed E-state index contributed by atoms with van der Waals surface area (Å²) < 4.78 is 19.4. The van der Waals surface area contributed by atoms with E-state index < -0.39 is 16.6 Å². The molecule has 1 heterocycles. The van der Waals surface area contributed by atoms with Gasteiger partial charge in [-0.1, -0.05) is 11.3 Å². The first-order chi connectivity index (χ1) is 16.4. The van der Waals surface area contributed by atoms with Gasteiger partial charge in [-0.2, -0.15) is 10.1 Å². The van der Waals surface area contributed by atoms with Crippen LogP contribution in [0.3, 0.4) is 0 Å². The van der Waals surface area contributed by atoms with Crippen LogP contribution in [0.5, 0.6) is 5.75 Å². The maximum absolute atomic E-state index is 13.6. The molecular weight excluding hydrogens is 459 g/mol. The Morgan fingerprint density at radius 2 is 1.82 bits per heavy atom. The number of methoxy groups -OCH3 is 1. The minimum atomic E-state index is -0.498. The van der Waals surface area contributed by atoms with Crippen LogP contribution in [0.2, 0.25) is 0 Å². The fraction of sp³-hybridized carbons (Fsp3) is 0.0417. The molecule has 0 aliphatic rings. The maximum Gasteiger partial charge on any atom is 0.273 e. The highest BCUT2D eigenvalue weighted by Gasteiger charge is 2.17. The van der Waals surface area contributed by atoms with E-state index in [4.69, 9.17) is 4.74 Å². The summed E-state index contributed by atoms with van der Waals surface area (Å²) in [5.41, 5.74) is 1.82. The first kappa shape index (κ1) is 22.7. The standard InChI is InChI=1S/C24H17FN4O4S/c1-33-20-10-4-17(5-11-20)15-26-28(24-27-21-12-7-18(25)14-22(21)34-24)23(30)13-6-16-2-8-19(9-3-16)29(31)32/h2-15H,1H3/b13-6+,26-15+. The highest BCUT2D eigenvalue weighted by atomic mass is 32.1. The Labute approximate surface area is 197 Å². The number of carbonyl (C=O) groups excluding carboxylic acids is 1. The number of nitro groups is 1. The molecule has 0 radical (unpaired) electrons. The van der Waals surface area contributed by atoms with Gasteiger partial charge < -0.3 is 4.74 Å². The van der Waals surface area contributed by atoms with Gasteiger partial charge in [0.15, 0.2) is 0 Å². The molecule has 0 saturated heterocycles. The van der Waals surface area contributed by atoms with E-state index >= 15 is 0 Å². The molecule has 1 amide bonds. The molecule has 0 bridgehead atoms. The van der Waals surface area contributed by atoms with Crippen LogP contribution in [0.25, 0.3) is 16.3 Å². The lowest BCUT2D eigenvalue weighted by atomic mass is 10.2. The van der Waals surface area contributed by atoms with Crippen molar-refractivity contribution >= 4 is 50.6 Å². The monoisotopic (exact) mass is 476 g/mol. The Balaban J connectivity index is 1.64. The summed E-state index contributed by atoms with van der Waals surface area (Å²) in [5.74, 6) is -0.215. The second-order valence-corrected chi connectivity index (χ2v) is 7.97. The summed E-state index contributed by atoms with van der Waals surface area (Å²) in [4.78, 5) is 27.8. The third kappa shape index (κ3) is 5.30. The van der Waals surface area contributed by atoms with Crippen molar-refractivity contribution in [1.82, 2.24) is 4.98 Å². The zero-order valence-electron chi connectivity index (χ0n) is 17.8. The van der Waals surface area contributed by atoms with Crippen molar-refractivity contribution in [3.8, 4) is 5.75 Å². The molecule has 0 spiro atoms. The number of rotatable bonds is 7. The Kier molecular flexibility index (Phi) is 6.69. The molecular formula is C24H17FN4O4S. The molecule has 0 aliphatic carbocycles. The van der Waals surface area contributed by atoms with Gasteiger partial charge in [0, 0.05) is 18.2 Å². The SMILES string of the molecule is COc1ccc(/C=N/N(C(=O)/C=C/c2ccc([N+](=O)[O-])cc2)c2nc3ccc(F)cc3s2)cc1. The number of halogens is 1. The molecule has 3 aromatic carbocycles. The summed E-state index contributed by atoms with van der Waals surface area (Å²) in [5, 5.41) is 16.5. The molecule has 34 heavy (non-hydrogen) atoms. The number of benzene rings is 3. The summed E-state index contributed by atoms with van der Waals surface area (Å²) in [6.07, 6.45) is 4.32. The van der Waals surface area contributed by atoms with Gasteiger partial charge in [-0.25, -0.2) is 9.37 Å². The minimum absolute atomic E-state index is 0.0455. The molecule has 0 fully saturated rings. The lowest BCUT2D eigenvalue weighted by molar-refractivity contribution is -0.384. The largest absolute Gasteiger partial charge is 0.497 e. The molecule has 8 nitrogen and oxygen atoms in total. The van der Waals surface area contributed by atoms with Gasteiger partial charge in [-0.05, 0) is 71.8 Å². The predicted octanol–water partition coefficient (Wildman–Crippen LogP) is 5.43. The van der Waals surface area contributed by atoms with Crippen molar-refractivity contribution < 1.29 is 18.8 Å². The number of ether oxygens (including phenoxy) is 1. The van der Waals surface area contributed by atoms with Crippen molar-refractivity contribution in [3.63, 3.8) is 0 Å². The first-order valence-corrected chi connectivity index (χ1v) is 10.8. The molecule has 10 heteroatoms. The topological polar surface area (TPSA) is 97.9 Å². The number of nitro benzene ring substituents is 1. The van der Waals surface area contributed by atoms with Crippen LogP contribution >= 0.6 is 11.3 Å². The summed E-state index contributed by atoms with van der Waals surface area (Å²) in [6, 6.07) is 17.1. The number of hydrazone groups is 1. The number of hydrogen-bond donors (Lipinski definition) is 0. The van der Waals surface area contributed by atoms with Crippen LogP contribution in [-0.4, -0.2) is 29.1 Å². The number of amides is 1. The first-order valence-electron chi connectivity index (χ1n) is 9.94. The van der Waals surface area contributed by atoms with Crippen molar-refractivity contribution in [3.05, 3.63) is 99.9 Å². The minimum Gasteiger partial charge on any atom is -0.497 e. The Morgan fingerprint density at radius 3 is 2.50 bits per heavy atom. The van der Waals surface area contributed by atoms with Crippen molar-refractivity contribution in [2.45, 2.75) is 0 Å². The van der Waals surface area contributed by atoms with Crippen LogP contribution in [0.1, 0.15) is 11.1 Å². The van der Waals surface area contributed by atoms with Gasteiger partial charge in [0.05, 0.1) is 28.5 Å². The van der Waals surface area contributed by atoms with Crippen LogP contribution in [0, 0.1) is 15.9 Å². The number of nitrogens with zero attached hydrogens (tertiary/aromatic N) is 4. The molecule has 1 aromatic heterocycles. The van der Waals surface area contributed by atoms with E-state index in [0.717, 1.165) is 21.9 Å². The second kappa shape index (κ2) is 10.0. The number of anilines is 1. The molecule has 170 valence electrons. The predicted molar refractivity (Wildman–Crippen MR) is 130 cm³/mol. The van der Waals surface area contributed by atoms with Gasteiger partial charge in [0.1, 0.15) is 11.6 Å². The van der Waals surface area contributed by atoms with E-state index in [-0.39, 0.29) is 10.8 Å². The summed E-state index contributed by atoms with van der Waals surface area (Å²) in [6.45, 7) is 0. The maximum atomic E-state index is 13.6. The molecule has 0 N–H and O–H groups in total. The van der Waals surface area contributed by atoms with E-state index in [1.807, 2.05) is 0 Å². The fourth-order valence-corrected chi connectivity index (χ4v) is 3.89. The molecule has 0 aliphatic heterocycles. The van der Waals surface area contributed by atoms with E-state index in [2.05, 4.69) is 10.1 Å². The number of fused-ring (bicyclic) bond motifs is 1. The van der Waals surface area contributed by atoms with E-state index in [1.54, 1.807) is 31.4 Å². The van der Waals surface area contributed by atoms with Gasteiger partial charge in [-0.15, -0.1) is 0 Å². The molecule has 0 atom stereocenters. The van der Waals surface area contributed by atoms with Gasteiger partial charge >= 0.3 is 0 Å². The lowest BCUT2D eigenvalue weighted by Gasteiger charge is -2.11. The highest BCUT2D eigenvalue weighted by molar-refractivity contribution is 7.22. The zero-order chi connectivity index (χ0) is 24.1. The molecule has 4 aromatic rings. The number of thiazole rings is 1. The van der Waals surface area contributed by atoms with Crippen LogP contribution in [0.15, 0.2) is 77.9 Å². The highest BCUT2D eigenvalue weighted by Crippen LogP contribution is 2.30. The van der Waals surface area contributed by atoms with Gasteiger partial charge in [0.2, 0.25) is 5.13 Å². The van der Waals surface area contributed by atoms with Crippen molar-refractivity contribution in [2.24, 2.45) is 5.10 Å². The number of carbonyl (C=O) groups is 1. The molecule has 0 unspecified atom stereocenters. The van der Waals surface area contributed by atoms with E-state index in [0.29, 0.717) is 21.5 Å². The molecule has 4 rings (SSSR count). The van der Waals surface area contributed by atoms with Crippen LogP contribution in [0.4, 0.5) is 15.2 Å². The van der Waals surface area contributed by atoms with Crippen molar-refractivity contribution in [1.29, 1.82) is 0 Å². The average Bonchev–Trinajstić information content (AvgIpc) is 3.26.